The smallest absolute Gasteiger partial charge is 0.220 e. The van der Waals surface area contributed by atoms with Crippen molar-refractivity contribution in [2.45, 2.75) is 25.4 Å². The molecule has 0 saturated carbocycles. The number of carbonyl (C=O) groups is 1. The molecule has 0 spiro atoms. The first kappa shape index (κ1) is 17.2. The first-order valence-electron chi connectivity index (χ1n) is 8.70. The zero-order valence-corrected chi connectivity index (χ0v) is 14.2. The summed E-state index contributed by atoms with van der Waals surface area (Å²) in [5.41, 5.74) is 2.09. The first-order valence-corrected chi connectivity index (χ1v) is 8.70. The second-order valence-corrected chi connectivity index (χ2v) is 6.23. The SMILES string of the molecule is O=C(CCCc1ccccc1)NCC(O)c1cccc2ccccc12. The van der Waals surface area contributed by atoms with Crippen LogP contribution in [-0.2, 0) is 11.2 Å². The van der Waals surface area contributed by atoms with Crippen molar-refractivity contribution in [2.24, 2.45) is 0 Å². The number of amides is 1. The molecule has 128 valence electrons. The average molecular weight is 333 g/mol. The van der Waals surface area contributed by atoms with E-state index in [0.29, 0.717) is 6.42 Å². The molecule has 0 aromatic heterocycles. The van der Waals surface area contributed by atoms with Gasteiger partial charge in [0.1, 0.15) is 0 Å². The molecule has 25 heavy (non-hydrogen) atoms. The highest BCUT2D eigenvalue weighted by atomic mass is 16.3. The third-order valence-corrected chi connectivity index (χ3v) is 4.39. The lowest BCUT2D eigenvalue weighted by Crippen LogP contribution is -2.28. The van der Waals surface area contributed by atoms with Crippen molar-refractivity contribution in [2.75, 3.05) is 6.54 Å². The van der Waals surface area contributed by atoms with Crippen LogP contribution in [0.25, 0.3) is 10.8 Å². The average Bonchev–Trinajstić information content (AvgIpc) is 2.66. The molecule has 0 bridgehead atoms. The normalized spacial score (nSPS) is 12.0. The van der Waals surface area contributed by atoms with E-state index in [1.54, 1.807) is 0 Å². The van der Waals surface area contributed by atoms with E-state index < -0.39 is 6.10 Å². The number of fused-ring (bicyclic) bond motifs is 1. The summed E-state index contributed by atoms with van der Waals surface area (Å²) in [6, 6.07) is 24.0. The quantitative estimate of drug-likeness (QED) is 0.686. The Morgan fingerprint density at radius 3 is 2.48 bits per heavy atom. The van der Waals surface area contributed by atoms with E-state index in [-0.39, 0.29) is 12.5 Å². The number of rotatable bonds is 7. The zero-order valence-electron chi connectivity index (χ0n) is 14.2. The van der Waals surface area contributed by atoms with Gasteiger partial charge >= 0.3 is 0 Å². The van der Waals surface area contributed by atoms with Crippen LogP contribution in [0.5, 0.6) is 0 Å². The molecule has 0 aliphatic rings. The Hall–Kier alpha value is -2.65. The van der Waals surface area contributed by atoms with E-state index in [2.05, 4.69) is 17.4 Å². The third-order valence-electron chi connectivity index (χ3n) is 4.39. The summed E-state index contributed by atoms with van der Waals surface area (Å²) in [6.45, 7) is 0.234. The second-order valence-electron chi connectivity index (χ2n) is 6.23. The number of aryl methyl sites for hydroxylation is 1. The van der Waals surface area contributed by atoms with Crippen LogP contribution in [0.4, 0.5) is 0 Å². The lowest BCUT2D eigenvalue weighted by atomic mass is 10.0. The zero-order chi connectivity index (χ0) is 17.5. The molecule has 0 fully saturated rings. The van der Waals surface area contributed by atoms with Crippen LogP contribution in [0.3, 0.4) is 0 Å². The third kappa shape index (κ3) is 4.68. The molecule has 2 N–H and O–H groups in total. The minimum atomic E-state index is -0.704. The fourth-order valence-electron chi connectivity index (χ4n) is 3.05. The molecule has 0 aliphatic carbocycles. The molecule has 0 saturated heterocycles. The maximum Gasteiger partial charge on any atom is 0.220 e. The van der Waals surface area contributed by atoms with Gasteiger partial charge in [-0.2, -0.15) is 0 Å². The Morgan fingerprint density at radius 2 is 1.64 bits per heavy atom. The van der Waals surface area contributed by atoms with Gasteiger partial charge in [-0.1, -0.05) is 72.8 Å². The predicted octanol–water partition coefficient (Wildman–Crippen LogP) is 4.01. The fourth-order valence-corrected chi connectivity index (χ4v) is 3.05. The van der Waals surface area contributed by atoms with Crippen LogP contribution in [0.1, 0.15) is 30.1 Å². The van der Waals surface area contributed by atoms with Crippen LogP contribution in [0, 0.1) is 0 Å². The van der Waals surface area contributed by atoms with Crippen molar-refractivity contribution >= 4 is 16.7 Å². The largest absolute Gasteiger partial charge is 0.387 e. The summed E-state index contributed by atoms with van der Waals surface area (Å²) >= 11 is 0. The fraction of sp³-hybridized carbons (Fsp3) is 0.227. The van der Waals surface area contributed by atoms with Gasteiger partial charge in [0, 0.05) is 13.0 Å². The van der Waals surface area contributed by atoms with Crippen molar-refractivity contribution in [3.8, 4) is 0 Å². The Kier molecular flexibility index (Phi) is 5.81. The number of carbonyl (C=O) groups excluding carboxylic acids is 1. The monoisotopic (exact) mass is 333 g/mol. The highest BCUT2D eigenvalue weighted by Gasteiger charge is 2.12. The van der Waals surface area contributed by atoms with Crippen molar-refractivity contribution in [3.05, 3.63) is 83.9 Å². The summed E-state index contributed by atoms with van der Waals surface area (Å²) in [6.07, 6.45) is 1.46. The maximum absolute atomic E-state index is 12.0. The Labute approximate surface area is 148 Å². The molecule has 1 unspecified atom stereocenters. The van der Waals surface area contributed by atoms with Crippen molar-refractivity contribution in [1.29, 1.82) is 0 Å². The van der Waals surface area contributed by atoms with Gasteiger partial charge in [0.2, 0.25) is 5.91 Å². The predicted molar refractivity (Wildman–Crippen MR) is 101 cm³/mol. The van der Waals surface area contributed by atoms with Crippen LogP contribution in [-0.4, -0.2) is 17.6 Å². The van der Waals surface area contributed by atoms with Gasteiger partial charge < -0.3 is 10.4 Å². The minimum absolute atomic E-state index is 0.0183. The number of nitrogens with one attached hydrogen (secondary N) is 1. The Morgan fingerprint density at radius 1 is 0.920 bits per heavy atom. The van der Waals surface area contributed by atoms with E-state index in [1.165, 1.54) is 5.56 Å². The number of aliphatic hydroxyl groups excluding tert-OH is 1. The molecule has 3 rings (SSSR count). The molecule has 0 radical (unpaired) electrons. The van der Waals surface area contributed by atoms with Crippen molar-refractivity contribution in [3.63, 3.8) is 0 Å². The lowest BCUT2D eigenvalue weighted by Gasteiger charge is -2.14. The van der Waals surface area contributed by atoms with Gasteiger partial charge in [-0.05, 0) is 34.7 Å². The second kappa shape index (κ2) is 8.45. The molecule has 3 nitrogen and oxygen atoms in total. The van der Waals surface area contributed by atoms with Gasteiger partial charge in [0.05, 0.1) is 6.10 Å². The van der Waals surface area contributed by atoms with Crippen LogP contribution < -0.4 is 5.32 Å². The molecule has 0 aliphatic heterocycles. The molecule has 3 aromatic carbocycles. The molecular formula is C22H23NO2. The standard InChI is InChI=1S/C22H23NO2/c24-21(20-14-7-12-18-11-4-5-13-19(18)20)16-23-22(25)15-6-10-17-8-2-1-3-9-17/h1-5,7-9,11-14,21,24H,6,10,15-16H2,(H,23,25). The van der Waals surface area contributed by atoms with Gasteiger partial charge in [-0.25, -0.2) is 0 Å². The topological polar surface area (TPSA) is 49.3 Å². The van der Waals surface area contributed by atoms with Crippen LogP contribution >= 0.6 is 0 Å². The van der Waals surface area contributed by atoms with Crippen molar-refractivity contribution in [1.82, 2.24) is 5.32 Å². The summed E-state index contributed by atoms with van der Waals surface area (Å²) < 4.78 is 0. The van der Waals surface area contributed by atoms with Crippen molar-refractivity contribution < 1.29 is 9.90 Å². The summed E-state index contributed by atoms with van der Waals surface area (Å²) in [4.78, 5) is 12.0. The lowest BCUT2D eigenvalue weighted by molar-refractivity contribution is -0.121. The number of hydrogen-bond donors (Lipinski definition) is 2. The van der Waals surface area contributed by atoms with Crippen LogP contribution in [0.15, 0.2) is 72.8 Å². The number of benzene rings is 3. The molecule has 3 heteroatoms. The maximum atomic E-state index is 12.0. The minimum Gasteiger partial charge on any atom is -0.387 e. The van der Waals surface area contributed by atoms with Gasteiger partial charge in [-0.15, -0.1) is 0 Å². The summed E-state index contributed by atoms with van der Waals surface area (Å²) in [7, 11) is 0. The summed E-state index contributed by atoms with van der Waals surface area (Å²) in [5.74, 6) is -0.0183. The van der Waals surface area contributed by atoms with E-state index in [9.17, 15) is 9.90 Å². The number of aliphatic hydroxyl groups is 1. The first-order chi connectivity index (χ1) is 12.2. The van der Waals surface area contributed by atoms with E-state index in [1.807, 2.05) is 60.7 Å². The number of hydrogen-bond acceptors (Lipinski definition) is 2. The molecule has 1 atom stereocenters. The van der Waals surface area contributed by atoms with Gasteiger partial charge in [-0.3, -0.25) is 4.79 Å². The highest BCUT2D eigenvalue weighted by molar-refractivity contribution is 5.86. The van der Waals surface area contributed by atoms with Gasteiger partial charge in [0.25, 0.3) is 0 Å². The molecule has 1 amide bonds. The van der Waals surface area contributed by atoms with E-state index >= 15 is 0 Å². The van der Waals surface area contributed by atoms with E-state index in [0.717, 1.165) is 29.2 Å². The summed E-state index contributed by atoms with van der Waals surface area (Å²) in [5, 5.41) is 15.4. The van der Waals surface area contributed by atoms with Crippen LogP contribution in [0.2, 0.25) is 0 Å². The highest BCUT2D eigenvalue weighted by Crippen LogP contribution is 2.23. The van der Waals surface area contributed by atoms with Gasteiger partial charge in [0.15, 0.2) is 0 Å². The van der Waals surface area contributed by atoms with E-state index in [4.69, 9.17) is 0 Å². The molecule has 3 aromatic rings. The molecular weight excluding hydrogens is 310 g/mol. The Balaban J connectivity index is 1.49. The molecule has 0 heterocycles. The Bertz CT molecular complexity index is 824.